The molecule has 0 aromatic heterocycles. The summed E-state index contributed by atoms with van der Waals surface area (Å²) in [6.07, 6.45) is 7.00. The van der Waals surface area contributed by atoms with Crippen LogP contribution in [0.15, 0.2) is 0 Å². The minimum absolute atomic E-state index is 0.777. The van der Waals surface area contributed by atoms with E-state index in [1.54, 1.807) is 0 Å². The van der Waals surface area contributed by atoms with E-state index in [4.69, 9.17) is 0 Å². The third-order valence-corrected chi connectivity index (χ3v) is 4.87. The highest BCUT2D eigenvalue weighted by Gasteiger charge is 2.29. The molecule has 18 heavy (non-hydrogen) atoms. The lowest BCUT2D eigenvalue weighted by Gasteiger charge is -2.30. The molecule has 0 aromatic carbocycles. The number of nitrogens with one attached hydrogen (secondary N) is 1. The number of hydrogen-bond donors (Lipinski definition) is 1. The van der Waals surface area contributed by atoms with Crippen LogP contribution in [0.4, 0.5) is 0 Å². The largest absolute Gasteiger partial charge is 0.314 e. The molecule has 0 aromatic rings. The van der Waals surface area contributed by atoms with Crippen molar-refractivity contribution in [2.24, 2.45) is 5.92 Å². The van der Waals surface area contributed by atoms with Crippen LogP contribution >= 0.6 is 0 Å². The van der Waals surface area contributed by atoms with E-state index < -0.39 is 0 Å². The lowest BCUT2D eigenvalue weighted by atomic mass is 10.0. The average molecular weight is 253 g/mol. The quantitative estimate of drug-likeness (QED) is 0.778. The standard InChI is InChI=1S/C15H31N3/c1-4-16-15-9-5-7-13(15)11-17(2)12-14-8-6-10-18(14)3/h13-16H,4-12H2,1-3H3. The first-order chi connectivity index (χ1) is 8.70. The summed E-state index contributed by atoms with van der Waals surface area (Å²) >= 11 is 0. The van der Waals surface area contributed by atoms with Gasteiger partial charge in [0, 0.05) is 25.2 Å². The van der Waals surface area contributed by atoms with Gasteiger partial charge in [-0.05, 0) is 58.8 Å². The zero-order valence-corrected chi connectivity index (χ0v) is 12.5. The number of nitrogens with zero attached hydrogens (tertiary/aromatic N) is 2. The van der Waals surface area contributed by atoms with E-state index in [2.05, 4.69) is 36.1 Å². The van der Waals surface area contributed by atoms with Crippen molar-refractivity contribution in [2.45, 2.75) is 51.1 Å². The van der Waals surface area contributed by atoms with E-state index >= 15 is 0 Å². The molecule has 2 fully saturated rings. The van der Waals surface area contributed by atoms with Gasteiger partial charge >= 0.3 is 0 Å². The third-order valence-electron chi connectivity index (χ3n) is 4.87. The third kappa shape index (κ3) is 3.69. The highest BCUT2D eigenvalue weighted by molar-refractivity contribution is 4.86. The molecular formula is C15H31N3. The minimum atomic E-state index is 0.777. The molecular weight excluding hydrogens is 222 g/mol. The maximum Gasteiger partial charge on any atom is 0.0220 e. The fourth-order valence-electron chi connectivity index (χ4n) is 3.83. The summed E-state index contributed by atoms with van der Waals surface area (Å²) in [5.41, 5.74) is 0. The maximum absolute atomic E-state index is 3.67. The molecule has 3 nitrogen and oxygen atoms in total. The zero-order valence-electron chi connectivity index (χ0n) is 12.5. The second-order valence-electron chi connectivity index (χ2n) is 6.35. The van der Waals surface area contributed by atoms with Crippen molar-refractivity contribution >= 4 is 0 Å². The van der Waals surface area contributed by atoms with Crippen molar-refractivity contribution in [2.75, 3.05) is 40.3 Å². The Morgan fingerprint density at radius 1 is 1.17 bits per heavy atom. The van der Waals surface area contributed by atoms with E-state index in [0.717, 1.165) is 24.5 Å². The molecule has 1 aliphatic carbocycles. The van der Waals surface area contributed by atoms with E-state index in [-0.39, 0.29) is 0 Å². The summed E-state index contributed by atoms with van der Waals surface area (Å²) in [4.78, 5) is 5.11. The molecule has 3 unspecified atom stereocenters. The van der Waals surface area contributed by atoms with Crippen molar-refractivity contribution in [1.29, 1.82) is 0 Å². The van der Waals surface area contributed by atoms with E-state index in [1.807, 2.05) is 0 Å². The van der Waals surface area contributed by atoms with Gasteiger partial charge in [-0.2, -0.15) is 0 Å². The zero-order chi connectivity index (χ0) is 13.0. The average Bonchev–Trinajstić information content (AvgIpc) is 2.91. The Morgan fingerprint density at radius 2 is 2.00 bits per heavy atom. The lowest BCUT2D eigenvalue weighted by Crippen LogP contribution is -2.42. The molecule has 3 atom stereocenters. The van der Waals surface area contributed by atoms with Gasteiger partial charge in [-0.15, -0.1) is 0 Å². The first-order valence-electron chi connectivity index (χ1n) is 7.83. The molecule has 1 heterocycles. The van der Waals surface area contributed by atoms with Crippen LogP contribution in [0.1, 0.15) is 39.0 Å². The molecule has 3 heteroatoms. The summed E-state index contributed by atoms with van der Waals surface area (Å²) < 4.78 is 0. The number of likely N-dealkylation sites (N-methyl/N-ethyl adjacent to an activating group) is 2. The summed E-state index contributed by atoms with van der Waals surface area (Å²) in [5.74, 6) is 0.877. The normalized spacial score (nSPS) is 33.7. The van der Waals surface area contributed by atoms with Gasteiger partial charge in [-0.1, -0.05) is 13.3 Å². The molecule has 1 saturated carbocycles. The number of likely N-dealkylation sites (tertiary alicyclic amines) is 1. The molecule has 106 valence electrons. The van der Waals surface area contributed by atoms with Gasteiger partial charge in [-0.3, -0.25) is 0 Å². The Labute approximate surface area is 113 Å². The van der Waals surface area contributed by atoms with Gasteiger partial charge in [0.25, 0.3) is 0 Å². The molecule has 2 aliphatic rings. The summed E-state index contributed by atoms with van der Waals surface area (Å²) in [6, 6.07) is 1.58. The Morgan fingerprint density at radius 3 is 2.67 bits per heavy atom. The Kier molecular flexibility index (Phi) is 5.46. The first-order valence-corrected chi connectivity index (χ1v) is 7.83. The fraction of sp³-hybridized carbons (Fsp3) is 1.00. The van der Waals surface area contributed by atoms with Crippen LogP contribution in [-0.4, -0.2) is 62.2 Å². The van der Waals surface area contributed by atoms with E-state index in [1.165, 1.54) is 51.7 Å². The fourth-order valence-corrected chi connectivity index (χ4v) is 3.83. The van der Waals surface area contributed by atoms with Crippen LogP contribution < -0.4 is 5.32 Å². The van der Waals surface area contributed by atoms with Crippen LogP contribution in [0, 0.1) is 5.92 Å². The topological polar surface area (TPSA) is 18.5 Å². The van der Waals surface area contributed by atoms with Crippen molar-refractivity contribution < 1.29 is 0 Å². The molecule has 0 amide bonds. The molecule has 2 rings (SSSR count). The van der Waals surface area contributed by atoms with Gasteiger partial charge < -0.3 is 15.1 Å². The van der Waals surface area contributed by atoms with Crippen LogP contribution in [0.25, 0.3) is 0 Å². The van der Waals surface area contributed by atoms with E-state index in [0.29, 0.717) is 0 Å². The first kappa shape index (κ1) is 14.3. The molecule has 0 spiro atoms. The van der Waals surface area contributed by atoms with Gasteiger partial charge in [-0.25, -0.2) is 0 Å². The number of hydrogen-bond acceptors (Lipinski definition) is 3. The molecule has 0 radical (unpaired) electrons. The molecule has 1 aliphatic heterocycles. The van der Waals surface area contributed by atoms with Crippen LogP contribution in [0.5, 0.6) is 0 Å². The van der Waals surface area contributed by atoms with Crippen molar-refractivity contribution in [3.05, 3.63) is 0 Å². The van der Waals surface area contributed by atoms with Gasteiger partial charge in [0.05, 0.1) is 0 Å². The summed E-state index contributed by atoms with van der Waals surface area (Å²) in [5, 5.41) is 3.67. The predicted molar refractivity (Wildman–Crippen MR) is 78.0 cm³/mol. The van der Waals surface area contributed by atoms with Crippen LogP contribution in [0.3, 0.4) is 0 Å². The molecule has 1 N–H and O–H groups in total. The number of rotatable bonds is 6. The Balaban J connectivity index is 1.74. The second kappa shape index (κ2) is 6.88. The van der Waals surface area contributed by atoms with Gasteiger partial charge in [0.15, 0.2) is 0 Å². The highest BCUT2D eigenvalue weighted by atomic mass is 15.2. The Bertz CT molecular complexity index is 244. The van der Waals surface area contributed by atoms with Crippen molar-refractivity contribution in [1.82, 2.24) is 15.1 Å². The summed E-state index contributed by atoms with van der Waals surface area (Å²) in [7, 11) is 4.59. The minimum Gasteiger partial charge on any atom is -0.314 e. The second-order valence-corrected chi connectivity index (χ2v) is 6.35. The Hall–Kier alpha value is -0.120. The monoisotopic (exact) mass is 253 g/mol. The predicted octanol–water partition coefficient (Wildman–Crippen LogP) is 1.79. The van der Waals surface area contributed by atoms with E-state index in [9.17, 15) is 0 Å². The van der Waals surface area contributed by atoms with Gasteiger partial charge in [0.1, 0.15) is 0 Å². The van der Waals surface area contributed by atoms with Crippen molar-refractivity contribution in [3.63, 3.8) is 0 Å². The summed E-state index contributed by atoms with van der Waals surface area (Å²) in [6.45, 7) is 7.18. The van der Waals surface area contributed by atoms with Gasteiger partial charge in [0.2, 0.25) is 0 Å². The highest BCUT2D eigenvalue weighted by Crippen LogP contribution is 2.26. The SMILES string of the molecule is CCNC1CCCC1CN(C)CC1CCCN1C. The molecule has 1 saturated heterocycles. The van der Waals surface area contributed by atoms with Crippen LogP contribution in [0.2, 0.25) is 0 Å². The molecule has 0 bridgehead atoms. The van der Waals surface area contributed by atoms with Crippen LogP contribution in [-0.2, 0) is 0 Å². The van der Waals surface area contributed by atoms with Crippen molar-refractivity contribution in [3.8, 4) is 0 Å². The maximum atomic E-state index is 3.67. The lowest BCUT2D eigenvalue weighted by molar-refractivity contribution is 0.191. The smallest absolute Gasteiger partial charge is 0.0220 e.